The van der Waals surface area contributed by atoms with Crippen molar-refractivity contribution in [2.24, 2.45) is 5.14 Å². The lowest BCUT2D eigenvalue weighted by atomic mass is 10.2. The van der Waals surface area contributed by atoms with Crippen LogP contribution in [0.25, 0.3) is 0 Å². The summed E-state index contributed by atoms with van der Waals surface area (Å²) in [6.07, 6.45) is 0.796. The summed E-state index contributed by atoms with van der Waals surface area (Å²) in [5.74, 6) is -0.250. The molecule has 102 valence electrons. The lowest BCUT2D eigenvalue weighted by Crippen LogP contribution is -2.34. The summed E-state index contributed by atoms with van der Waals surface area (Å²) in [4.78, 5) is 13.4. The fraction of sp³-hybridized carbons (Fsp3) is 0.545. The summed E-state index contributed by atoms with van der Waals surface area (Å²) < 4.78 is 27.7. The van der Waals surface area contributed by atoms with E-state index in [0.29, 0.717) is 0 Å². The van der Waals surface area contributed by atoms with Gasteiger partial charge in [0.15, 0.2) is 5.76 Å². The number of furan rings is 1. The second-order valence-electron chi connectivity index (χ2n) is 4.25. The zero-order chi connectivity index (χ0) is 14.1. The Bertz CT molecular complexity index is 547. The number of nitrogens with two attached hydrogens (primary N) is 1. The average molecular weight is 274 g/mol. The van der Waals surface area contributed by atoms with E-state index in [9.17, 15) is 13.2 Å². The van der Waals surface area contributed by atoms with Crippen molar-refractivity contribution in [3.8, 4) is 0 Å². The number of amides is 1. The smallest absolute Gasteiger partial charge is 0.289 e. The minimum atomic E-state index is -3.86. The van der Waals surface area contributed by atoms with Crippen LogP contribution in [-0.2, 0) is 10.0 Å². The molecule has 1 aromatic heterocycles. The van der Waals surface area contributed by atoms with Gasteiger partial charge in [-0.25, -0.2) is 13.6 Å². The van der Waals surface area contributed by atoms with Gasteiger partial charge in [0.25, 0.3) is 5.91 Å². The quantitative estimate of drug-likeness (QED) is 0.889. The van der Waals surface area contributed by atoms with Crippen LogP contribution in [0.4, 0.5) is 0 Å². The van der Waals surface area contributed by atoms with Crippen molar-refractivity contribution in [1.82, 2.24) is 4.90 Å². The van der Waals surface area contributed by atoms with Crippen LogP contribution in [-0.4, -0.2) is 32.3 Å². The number of hydrogen-bond acceptors (Lipinski definition) is 4. The first-order valence-electron chi connectivity index (χ1n) is 5.58. The van der Waals surface area contributed by atoms with Crippen molar-refractivity contribution in [3.63, 3.8) is 0 Å². The minimum absolute atomic E-state index is 0.0145. The van der Waals surface area contributed by atoms with Gasteiger partial charge < -0.3 is 9.32 Å². The van der Waals surface area contributed by atoms with E-state index in [2.05, 4.69) is 0 Å². The minimum Gasteiger partial charge on any atom is -0.455 e. The van der Waals surface area contributed by atoms with Gasteiger partial charge in [-0.05, 0) is 20.3 Å². The van der Waals surface area contributed by atoms with E-state index < -0.39 is 10.0 Å². The van der Waals surface area contributed by atoms with E-state index in [1.54, 1.807) is 7.05 Å². The molecule has 0 aromatic carbocycles. The molecule has 18 heavy (non-hydrogen) atoms. The largest absolute Gasteiger partial charge is 0.455 e. The number of sulfonamides is 1. The second kappa shape index (κ2) is 5.11. The summed E-state index contributed by atoms with van der Waals surface area (Å²) in [6, 6.07) is 1.21. The molecule has 0 aliphatic carbocycles. The maximum Gasteiger partial charge on any atom is 0.289 e. The third-order valence-corrected chi connectivity index (χ3v) is 3.98. The van der Waals surface area contributed by atoms with Gasteiger partial charge in [0, 0.05) is 19.2 Å². The predicted molar refractivity (Wildman–Crippen MR) is 66.7 cm³/mol. The van der Waals surface area contributed by atoms with Crippen molar-refractivity contribution in [2.75, 3.05) is 7.05 Å². The molecule has 1 amide bonds. The molecule has 0 spiro atoms. The summed E-state index contributed by atoms with van der Waals surface area (Å²) >= 11 is 0. The Hall–Kier alpha value is -1.34. The molecule has 1 aromatic rings. The first-order valence-corrected chi connectivity index (χ1v) is 7.13. The molecule has 1 atom stereocenters. The highest BCUT2D eigenvalue weighted by atomic mass is 32.2. The summed E-state index contributed by atoms with van der Waals surface area (Å²) in [5, 5.41) is 5.02. The number of primary sulfonamides is 1. The molecule has 0 saturated heterocycles. The Labute approximate surface area is 107 Å². The Morgan fingerprint density at radius 2 is 2.11 bits per heavy atom. The van der Waals surface area contributed by atoms with Gasteiger partial charge in [0.2, 0.25) is 10.0 Å². The maximum atomic E-state index is 12.0. The molecule has 0 fully saturated rings. The molecule has 0 aliphatic rings. The van der Waals surface area contributed by atoms with E-state index >= 15 is 0 Å². The molecule has 1 rings (SSSR count). The normalized spacial score (nSPS) is 13.4. The highest BCUT2D eigenvalue weighted by molar-refractivity contribution is 7.89. The van der Waals surface area contributed by atoms with E-state index in [-0.39, 0.29) is 28.4 Å². The molecule has 1 heterocycles. The highest BCUT2D eigenvalue weighted by Gasteiger charge is 2.24. The Morgan fingerprint density at radius 3 is 2.50 bits per heavy atom. The molecule has 0 radical (unpaired) electrons. The average Bonchev–Trinajstić information content (AvgIpc) is 2.68. The third-order valence-electron chi connectivity index (χ3n) is 2.96. The zero-order valence-electron chi connectivity index (χ0n) is 10.9. The number of rotatable bonds is 4. The number of hydrogen-bond donors (Lipinski definition) is 1. The Balaban J connectivity index is 3.10. The van der Waals surface area contributed by atoms with Crippen molar-refractivity contribution in [3.05, 3.63) is 17.6 Å². The zero-order valence-corrected chi connectivity index (χ0v) is 11.7. The van der Waals surface area contributed by atoms with Crippen LogP contribution in [0, 0.1) is 6.92 Å². The molecule has 0 saturated carbocycles. The predicted octanol–water partition coefficient (Wildman–Crippen LogP) is 1.11. The van der Waals surface area contributed by atoms with Gasteiger partial charge in [-0.15, -0.1) is 0 Å². The van der Waals surface area contributed by atoms with Crippen molar-refractivity contribution in [1.29, 1.82) is 0 Å². The SMILES string of the molecule is CCC(C)N(C)C(=O)c1cc(S(N)(=O)=O)c(C)o1. The number of carbonyl (C=O) groups is 1. The van der Waals surface area contributed by atoms with Crippen LogP contribution >= 0.6 is 0 Å². The fourth-order valence-electron chi connectivity index (χ4n) is 1.50. The van der Waals surface area contributed by atoms with Gasteiger partial charge in [-0.2, -0.15) is 0 Å². The molecule has 6 nitrogen and oxygen atoms in total. The summed E-state index contributed by atoms with van der Waals surface area (Å²) in [6.45, 7) is 5.31. The van der Waals surface area contributed by atoms with E-state index in [0.717, 1.165) is 6.42 Å². The van der Waals surface area contributed by atoms with Crippen molar-refractivity contribution in [2.45, 2.75) is 38.1 Å². The van der Waals surface area contributed by atoms with Crippen LogP contribution < -0.4 is 5.14 Å². The summed E-state index contributed by atoms with van der Waals surface area (Å²) in [5.41, 5.74) is 0. The lowest BCUT2D eigenvalue weighted by molar-refractivity contribution is 0.0707. The van der Waals surface area contributed by atoms with Crippen LogP contribution in [0.3, 0.4) is 0 Å². The van der Waals surface area contributed by atoms with Gasteiger partial charge in [0.1, 0.15) is 10.7 Å². The van der Waals surface area contributed by atoms with Crippen LogP contribution in [0.1, 0.15) is 36.6 Å². The lowest BCUT2D eigenvalue weighted by Gasteiger charge is -2.22. The molecule has 0 bridgehead atoms. The van der Waals surface area contributed by atoms with E-state index in [1.807, 2.05) is 13.8 Å². The number of aryl methyl sites for hydroxylation is 1. The van der Waals surface area contributed by atoms with Gasteiger partial charge >= 0.3 is 0 Å². The number of carbonyl (C=O) groups excluding carboxylic acids is 1. The maximum absolute atomic E-state index is 12.0. The van der Waals surface area contributed by atoms with Gasteiger partial charge in [-0.1, -0.05) is 6.92 Å². The van der Waals surface area contributed by atoms with Crippen LogP contribution in [0.5, 0.6) is 0 Å². The monoisotopic (exact) mass is 274 g/mol. The van der Waals surface area contributed by atoms with Crippen LogP contribution in [0.2, 0.25) is 0 Å². The molecular weight excluding hydrogens is 256 g/mol. The third kappa shape index (κ3) is 2.91. The highest BCUT2D eigenvalue weighted by Crippen LogP contribution is 2.20. The topological polar surface area (TPSA) is 93.6 Å². The first-order chi connectivity index (χ1) is 8.18. The van der Waals surface area contributed by atoms with Gasteiger partial charge in [-0.3, -0.25) is 4.79 Å². The Morgan fingerprint density at radius 1 is 1.56 bits per heavy atom. The van der Waals surface area contributed by atoms with E-state index in [1.165, 1.54) is 17.9 Å². The molecule has 0 aliphatic heterocycles. The molecular formula is C11H18N2O4S. The van der Waals surface area contributed by atoms with Gasteiger partial charge in [0.05, 0.1) is 0 Å². The molecule has 7 heteroatoms. The molecule has 2 N–H and O–H groups in total. The summed E-state index contributed by atoms with van der Waals surface area (Å²) in [7, 11) is -2.22. The van der Waals surface area contributed by atoms with Crippen molar-refractivity contribution < 1.29 is 17.6 Å². The fourth-order valence-corrected chi connectivity index (χ4v) is 2.21. The van der Waals surface area contributed by atoms with Crippen molar-refractivity contribution >= 4 is 15.9 Å². The Kier molecular flexibility index (Phi) is 4.18. The standard InChI is InChI=1S/C11H18N2O4S/c1-5-7(2)13(4)11(14)9-6-10(8(3)17-9)18(12,15)16/h6-7H,5H2,1-4H3,(H2,12,15,16). The van der Waals surface area contributed by atoms with E-state index in [4.69, 9.17) is 9.56 Å². The number of nitrogens with zero attached hydrogens (tertiary/aromatic N) is 1. The van der Waals surface area contributed by atoms with Crippen LogP contribution in [0.15, 0.2) is 15.4 Å². The second-order valence-corrected chi connectivity index (χ2v) is 5.78. The first kappa shape index (κ1) is 14.7. The molecule has 1 unspecified atom stereocenters.